The lowest BCUT2D eigenvalue weighted by Crippen LogP contribution is -2.41. The summed E-state index contributed by atoms with van der Waals surface area (Å²) in [5.41, 5.74) is 5.86. The molecule has 2 heterocycles. The molecule has 0 aromatic heterocycles. The van der Waals surface area contributed by atoms with Crippen molar-refractivity contribution in [3.63, 3.8) is 0 Å². The molecular weight excluding hydrogens is 290 g/mol. The molecule has 1 fully saturated rings. The van der Waals surface area contributed by atoms with E-state index in [1.54, 1.807) is 7.11 Å². The van der Waals surface area contributed by atoms with Crippen molar-refractivity contribution in [3.8, 4) is 11.5 Å². The topological polar surface area (TPSA) is 46.1 Å². The first-order chi connectivity index (χ1) is 11.3. The molecule has 0 saturated carbocycles. The Hall–Kier alpha value is -1.75. The Bertz CT molecular complexity index is 573. The fourth-order valence-corrected chi connectivity index (χ4v) is 3.41. The summed E-state index contributed by atoms with van der Waals surface area (Å²) in [4.78, 5) is 2.50. The van der Waals surface area contributed by atoms with Crippen molar-refractivity contribution >= 4 is 5.71 Å². The quantitative estimate of drug-likeness (QED) is 0.876. The van der Waals surface area contributed by atoms with E-state index in [0.29, 0.717) is 12.5 Å². The van der Waals surface area contributed by atoms with Crippen LogP contribution in [-0.2, 0) is 0 Å². The van der Waals surface area contributed by atoms with Gasteiger partial charge in [0.25, 0.3) is 0 Å². The maximum Gasteiger partial charge on any atom is 0.161 e. The molecule has 5 heteroatoms. The summed E-state index contributed by atoms with van der Waals surface area (Å²) in [5.74, 6) is 2.07. The molecule has 23 heavy (non-hydrogen) atoms. The second kappa shape index (κ2) is 7.21. The lowest BCUT2D eigenvalue weighted by atomic mass is 9.86. The average Bonchev–Trinajstić information content (AvgIpc) is 3.02. The molecule has 1 N–H and O–H groups in total. The largest absolute Gasteiger partial charge is 0.493 e. The molecule has 0 bridgehead atoms. The molecule has 2 unspecified atom stereocenters. The van der Waals surface area contributed by atoms with Crippen molar-refractivity contribution in [2.24, 2.45) is 11.0 Å². The first-order valence-corrected chi connectivity index (χ1v) is 8.61. The van der Waals surface area contributed by atoms with Crippen LogP contribution in [0.1, 0.15) is 38.3 Å². The molecule has 2 atom stereocenters. The van der Waals surface area contributed by atoms with E-state index in [1.165, 1.54) is 11.3 Å². The van der Waals surface area contributed by atoms with E-state index in [-0.39, 0.29) is 6.04 Å². The molecule has 2 aliphatic heterocycles. The normalized spacial score (nSPS) is 23.9. The predicted octanol–water partition coefficient (Wildman–Crippen LogP) is 2.83. The van der Waals surface area contributed by atoms with Crippen LogP contribution in [-0.4, -0.2) is 44.0 Å². The molecule has 0 aliphatic carbocycles. The Morgan fingerprint density at radius 1 is 1.30 bits per heavy atom. The number of nitrogens with one attached hydrogen (secondary N) is 1. The van der Waals surface area contributed by atoms with Crippen LogP contribution >= 0.6 is 0 Å². The number of benzene rings is 1. The van der Waals surface area contributed by atoms with Crippen molar-refractivity contribution in [1.29, 1.82) is 0 Å². The first-order valence-electron chi connectivity index (χ1n) is 8.61. The van der Waals surface area contributed by atoms with E-state index in [4.69, 9.17) is 9.47 Å². The monoisotopic (exact) mass is 317 g/mol. The average molecular weight is 317 g/mol. The Morgan fingerprint density at radius 2 is 2.17 bits per heavy atom. The molecule has 2 aliphatic rings. The summed E-state index contributed by atoms with van der Waals surface area (Å²) in [7, 11) is 1.70. The highest BCUT2D eigenvalue weighted by Crippen LogP contribution is 2.36. The van der Waals surface area contributed by atoms with E-state index < -0.39 is 0 Å². The molecule has 1 aromatic carbocycles. The van der Waals surface area contributed by atoms with Gasteiger partial charge in [-0.2, -0.15) is 5.10 Å². The molecule has 3 rings (SSSR count). The minimum atomic E-state index is 0.230. The van der Waals surface area contributed by atoms with Crippen LogP contribution in [0.15, 0.2) is 23.3 Å². The van der Waals surface area contributed by atoms with Crippen molar-refractivity contribution in [2.75, 3.05) is 33.4 Å². The van der Waals surface area contributed by atoms with Crippen LogP contribution < -0.4 is 14.9 Å². The van der Waals surface area contributed by atoms with Crippen LogP contribution in [0.2, 0.25) is 0 Å². The van der Waals surface area contributed by atoms with E-state index in [0.717, 1.165) is 44.0 Å². The zero-order chi connectivity index (χ0) is 16.2. The van der Waals surface area contributed by atoms with Crippen molar-refractivity contribution in [1.82, 2.24) is 10.3 Å². The van der Waals surface area contributed by atoms with Gasteiger partial charge < -0.3 is 19.8 Å². The first kappa shape index (κ1) is 16.1. The van der Waals surface area contributed by atoms with E-state index in [2.05, 4.69) is 41.4 Å². The summed E-state index contributed by atoms with van der Waals surface area (Å²) in [6.07, 6.45) is 2.05. The molecular formula is C18H27N3O2. The number of rotatable bonds is 6. The second-order valence-corrected chi connectivity index (χ2v) is 6.22. The van der Waals surface area contributed by atoms with Crippen LogP contribution in [0.25, 0.3) is 0 Å². The zero-order valence-electron chi connectivity index (χ0n) is 14.3. The van der Waals surface area contributed by atoms with Gasteiger partial charge in [-0.15, -0.1) is 0 Å². The molecule has 1 saturated heterocycles. The van der Waals surface area contributed by atoms with E-state index in [9.17, 15) is 0 Å². The van der Waals surface area contributed by atoms with Crippen LogP contribution in [0.4, 0.5) is 0 Å². The fraction of sp³-hybridized carbons (Fsp3) is 0.611. The standard InChI is InChI=1S/C18H27N3O2/c1-4-10-23-16-7-6-13(11-17(16)22-3)18-14-12-21(5-2)9-8-15(14)19-20-18/h6-7,11,14,18,20H,4-5,8-10,12H2,1-3H3. The third-order valence-corrected chi connectivity index (χ3v) is 4.77. The summed E-state index contributed by atoms with van der Waals surface area (Å²) in [5, 5.41) is 4.58. The van der Waals surface area contributed by atoms with Gasteiger partial charge in [0.2, 0.25) is 0 Å². The van der Waals surface area contributed by atoms with Gasteiger partial charge in [0.15, 0.2) is 11.5 Å². The summed E-state index contributed by atoms with van der Waals surface area (Å²) < 4.78 is 11.3. The maximum absolute atomic E-state index is 5.75. The predicted molar refractivity (Wildman–Crippen MR) is 92.3 cm³/mol. The fourth-order valence-electron chi connectivity index (χ4n) is 3.41. The number of fused-ring (bicyclic) bond motifs is 1. The van der Waals surface area contributed by atoms with Crippen LogP contribution in [0.5, 0.6) is 11.5 Å². The van der Waals surface area contributed by atoms with Crippen molar-refractivity contribution in [2.45, 2.75) is 32.7 Å². The van der Waals surface area contributed by atoms with Crippen molar-refractivity contribution in [3.05, 3.63) is 23.8 Å². The van der Waals surface area contributed by atoms with Gasteiger partial charge in [-0.1, -0.05) is 19.9 Å². The molecule has 0 amide bonds. The van der Waals surface area contributed by atoms with Crippen LogP contribution in [0, 0.1) is 5.92 Å². The smallest absolute Gasteiger partial charge is 0.161 e. The third-order valence-electron chi connectivity index (χ3n) is 4.77. The Labute approximate surface area is 138 Å². The number of likely N-dealkylation sites (tertiary alicyclic amines) is 1. The summed E-state index contributed by atoms with van der Waals surface area (Å²) >= 11 is 0. The number of hydrogen-bond donors (Lipinski definition) is 1. The third kappa shape index (κ3) is 3.29. The Kier molecular flexibility index (Phi) is 5.06. The number of hydrazone groups is 1. The molecule has 126 valence electrons. The summed E-state index contributed by atoms with van der Waals surface area (Å²) in [6, 6.07) is 6.47. The molecule has 0 radical (unpaired) electrons. The highest BCUT2D eigenvalue weighted by molar-refractivity contribution is 5.90. The van der Waals surface area contributed by atoms with Crippen LogP contribution in [0.3, 0.4) is 0 Å². The highest BCUT2D eigenvalue weighted by atomic mass is 16.5. The summed E-state index contributed by atoms with van der Waals surface area (Å²) in [6.45, 7) is 8.33. The number of hydrogen-bond acceptors (Lipinski definition) is 5. The van der Waals surface area contributed by atoms with Gasteiger partial charge in [-0.3, -0.25) is 0 Å². The lowest BCUT2D eigenvalue weighted by Gasteiger charge is -2.32. The van der Waals surface area contributed by atoms with Gasteiger partial charge in [-0.05, 0) is 30.7 Å². The highest BCUT2D eigenvalue weighted by Gasteiger charge is 2.36. The second-order valence-electron chi connectivity index (χ2n) is 6.22. The van der Waals surface area contributed by atoms with Gasteiger partial charge in [0.05, 0.1) is 19.8 Å². The minimum absolute atomic E-state index is 0.230. The van der Waals surface area contributed by atoms with Gasteiger partial charge in [0, 0.05) is 31.1 Å². The molecule has 0 spiro atoms. The lowest BCUT2D eigenvalue weighted by molar-refractivity contribution is 0.238. The number of piperidine rings is 1. The SMILES string of the molecule is CCCOc1ccc(C2NN=C3CCN(CC)CC32)cc1OC. The van der Waals surface area contributed by atoms with Gasteiger partial charge in [0.1, 0.15) is 0 Å². The Morgan fingerprint density at radius 3 is 2.91 bits per heavy atom. The number of nitrogens with zero attached hydrogens (tertiary/aromatic N) is 2. The van der Waals surface area contributed by atoms with Gasteiger partial charge in [-0.25, -0.2) is 0 Å². The van der Waals surface area contributed by atoms with Gasteiger partial charge >= 0.3 is 0 Å². The maximum atomic E-state index is 5.75. The van der Waals surface area contributed by atoms with E-state index in [1.807, 2.05) is 6.07 Å². The number of ether oxygens (including phenoxy) is 2. The zero-order valence-corrected chi connectivity index (χ0v) is 14.3. The number of methoxy groups -OCH3 is 1. The van der Waals surface area contributed by atoms with E-state index >= 15 is 0 Å². The molecule has 5 nitrogen and oxygen atoms in total. The minimum Gasteiger partial charge on any atom is -0.493 e. The molecule has 1 aromatic rings. The van der Waals surface area contributed by atoms with Crippen molar-refractivity contribution < 1.29 is 9.47 Å². The Balaban J connectivity index is 1.79.